The van der Waals surface area contributed by atoms with Crippen molar-refractivity contribution in [1.82, 2.24) is 20.4 Å². The zero-order chi connectivity index (χ0) is 26.0. The largest absolute Gasteiger partial charge is 0.445 e. The highest BCUT2D eigenvalue weighted by molar-refractivity contribution is 5.99. The van der Waals surface area contributed by atoms with E-state index in [0.717, 1.165) is 10.2 Å². The number of Topliss-reactive ketones (excluding diaryl/α,β-unsaturated/α-hetero) is 1. The molecule has 2 N–H and O–H groups in total. The van der Waals surface area contributed by atoms with E-state index in [2.05, 4.69) is 15.7 Å². The van der Waals surface area contributed by atoms with Gasteiger partial charge in [-0.15, -0.1) is 5.10 Å². The van der Waals surface area contributed by atoms with Gasteiger partial charge in [-0.25, -0.2) is 9.59 Å². The minimum absolute atomic E-state index is 0.0565. The molecule has 0 fully saturated rings. The van der Waals surface area contributed by atoms with Crippen LogP contribution in [-0.2, 0) is 22.7 Å². The van der Waals surface area contributed by atoms with Gasteiger partial charge in [0.25, 0.3) is 5.89 Å². The van der Waals surface area contributed by atoms with Crippen molar-refractivity contribution in [2.75, 3.05) is 0 Å². The molecule has 0 saturated heterocycles. The van der Waals surface area contributed by atoms with Crippen LogP contribution in [0.5, 0.6) is 0 Å². The fourth-order valence-corrected chi connectivity index (χ4v) is 3.49. The van der Waals surface area contributed by atoms with Gasteiger partial charge in [0.15, 0.2) is 0 Å². The van der Waals surface area contributed by atoms with Crippen molar-refractivity contribution >= 4 is 17.8 Å². The number of aromatic nitrogens is 2. The van der Waals surface area contributed by atoms with Crippen molar-refractivity contribution in [3.05, 3.63) is 52.3 Å². The zero-order valence-corrected chi connectivity index (χ0v) is 21.1. The lowest BCUT2D eigenvalue weighted by Crippen LogP contribution is -2.52. The Morgan fingerprint density at radius 1 is 1.00 bits per heavy atom. The number of hydrogen-bond donors (Lipinski definition) is 2. The molecule has 1 aromatic heterocycles. The van der Waals surface area contributed by atoms with Gasteiger partial charge >= 0.3 is 11.8 Å². The summed E-state index contributed by atoms with van der Waals surface area (Å²) in [5.41, 5.74) is 0.819. The molecule has 1 aromatic carbocycles. The van der Waals surface area contributed by atoms with Crippen LogP contribution < -0.4 is 16.4 Å². The number of nitrogens with one attached hydrogen (secondary N) is 2. The number of alkyl carbamates (subject to hydrolysis) is 1. The second kappa shape index (κ2) is 13.5. The molecule has 10 heteroatoms. The Hall–Kier alpha value is -3.43. The van der Waals surface area contributed by atoms with Crippen LogP contribution >= 0.6 is 0 Å². The van der Waals surface area contributed by atoms with Gasteiger partial charge in [-0.05, 0) is 36.7 Å². The number of aryl methyl sites for hydroxylation is 1. The monoisotopic (exact) mass is 488 g/mol. The van der Waals surface area contributed by atoms with E-state index in [1.54, 1.807) is 0 Å². The summed E-state index contributed by atoms with van der Waals surface area (Å²) in [5.74, 6) is -2.03. The van der Waals surface area contributed by atoms with Gasteiger partial charge in [-0.3, -0.25) is 9.59 Å². The van der Waals surface area contributed by atoms with Crippen LogP contribution in [0.3, 0.4) is 0 Å². The summed E-state index contributed by atoms with van der Waals surface area (Å²) >= 11 is 0. The summed E-state index contributed by atoms with van der Waals surface area (Å²) in [6.45, 7) is 9.91. The molecule has 192 valence electrons. The number of hydrogen-bond acceptors (Lipinski definition) is 7. The number of ether oxygens (including phenoxy) is 1. The van der Waals surface area contributed by atoms with E-state index in [-0.39, 0.29) is 24.3 Å². The van der Waals surface area contributed by atoms with Crippen molar-refractivity contribution in [1.29, 1.82) is 0 Å². The Kier molecular flexibility index (Phi) is 10.7. The summed E-state index contributed by atoms with van der Waals surface area (Å²) in [6, 6.07) is 7.32. The van der Waals surface area contributed by atoms with E-state index in [1.165, 1.54) is 0 Å². The quantitative estimate of drug-likeness (QED) is 0.413. The lowest BCUT2D eigenvalue weighted by molar-refractivity contribution is -0.124. The summed E-state index contributed by atoms with van der Waals surface area (Å²) < 4.78 is 11.4. The molecule has 0 spiro atoms. The van der Waals surface area contributed by atoms with E-state index in [4.69, 9.17) is 9.15 Å². The number of ketones is 1. The maximum absolute atomic E-state index is 13.1. The molecular formula is C25H36N4O6. The molecular weight excluding hydrogens is 452 g/mol. The highest BCUT2D eigenvalue weighted by Crippen LogP contribution is 2.12. The minimum Gasteiger partial charge on any atom is -0.445 e. The highest BCUT2D eigenvalue weighted by Gasteiger charge is 2.31. The summed E-state index contributed by atoms with van der Waals surface area (Å²) in [5, 5.41) is 9.31. The molecule has 0 aliphatic heterocycles. The lowest BCUT2D eigenvalue weighted by Gasteiger charge is -2.24. The topological polar surface area (TPSA) is 133 Å². The number of rotatable bonds is 13. The first-order valence-electron chi connectivity index (χ1n) is 12.0. The first-order chi connectivity index (χ1) is 16.6. The van der Waals surface area contributed by atoms with E-state index >= 15 is 0 Å². The van der Waals surface area contributed by atoms with Crippen molar-refractivity contribution in [2.45, 2.75) is 79.1 Å². The third-order valence-electron chi connectivity index (χ3n) is 5.12. The second-order valence-corrected chi connectivity index (χ2v) is 9.34. The molecule has 0 saturated carbocycles. The van der Waals surface area contributed by atoms with Crippen LogP contribution in [0.25, 0.3) is 0 Å². The first kappa shape index (κ1) is 27.8. The third-order valence-corrected chi connectivity index (χ3v) is 5.12. The highest BCUT2D eigenvalue weighted by atomic mass is 16.5. The molecule has 2 atom stereocenters. The number of carbonyl (C=O) groups is 3. The van der Waals surface area contributed by atoms with Gasteiger partial charge < -0.3 is 19.8 Å². The van der Waals surface area contributed by atoms with Crippen molar-refractivity contribution < 1.29 is 23.5 Å². The predicted molar refractivity (Wildman–Crippen MR) is 130 cm³/mol. The van der Waals surface area contributed by atoms with Crippen LogP contribution in [0.1, 0.15) is 70.1 Å². The van der Waals surface area contributed by atoms with Gasteiger partial charge in [0.2, 0.25) is 11.7 Å². The van der Waals surface area contributed by atoms with Gasteiger partial charge in [-0.1, -0.05) is 65.0 Å². The summed E-state index contributed by atoms with van der Waals surface area (Å²) in [6.07, 6.45) is 0.567. The van der Waals surface area contributed by atoms with Crippen molar-refractivity contribution in [3.63, 3.8) is 0 Å². The average molecular weight is 489 g/mol. The fourth-order valence-electron chi connectivity index (χ4n) is 3.49. The third kappa shape index (κ3) is 9.03. The smallest absolute Gasteiger partial charge is 0.437 e. The molecule has 0 radical (unpaired) electrons. The van der Waals surface area contributed by atoms with Crippen LogP contribution in [0, 0.1) is 11.8 Å². The van der Waals surface area contributed by atoms with Crippen LogP contribution in [0.2, 0.25) is 0 Å². The number of amides is 2. The van der Waals surface area contributed by atoms with Gasteiger partial charge in [0.05, 0.1) is 6.04 Å². The first-order valence-corrected chi connectivity index (χ1v) is 12.0. The van der Waals surface area contributed by atoms with Crippen LogP contribution in [-0.4, -0.2) is 39.6 Å². The van der Waals surface area contributed by atoms with E-state index in [0.29, 0.717) is 25.8 Å². The zero-order valence-electron chi connectivity index (χ0n) is 21.1. The van der Waals surface area contributed by atoms with E-state index in [9.17, 15) is 19.2 Å². The minimum atomic E-state index is -0.965. The predicted octanol–water partition coefficient (Wildman–Crippen LogP) is 3.30. The number of carbonyl (C=O) groups excluding carboxylic acids is 3. The average Bonchev–Trinajstić information content (AvgIpc) is 3.17. The maximum Gasteiger partial charge on any atom is 0.437 e. The van der Waals surface area contributed by atoms with Crippen molar-refractivity contribution in [2.24, 2.45) is 11.8 Å². The Bertz CT molecular complexity index is 1030. The van der Waals surface area contributed by atoms with Gasteiger partial charge in [0.1, 0.15) is 12.6 Å². The molecule has 2 amide bonds. The Labute approximate surface area is 205 Å². The summed E-state index contributed by atoms with van der Waals surface area (Å²) in [7, 11) is 0. The molecule has 2 rings (SSSR count). The van der Waals surface area contributed by atoms with Gasteiger partial charge in [-0.2, -0.15) is 4.68 Å². The molecule has 35 heavy (non-hydrogen) atoms. The molecule has 0 unspecified atom stereocenters. The molecule has 10 nitrogen and oxygen atoms in total. The number of benzene rings is 1. The Balaban J connectivity index is 2.12. The Morgan fingerprint density at radius 3 is 2.23 bits per heavy atom. The molecule has 0 aliphatic rings. The molecule has 0 aliphatic carbocycles. The fraction of sp³-hybridized carbons (Fsp3) is 0.560. The Morgan fingerprint density at radius 2 is 1.63 bits per heavy atom. The maximum atomic E-state index is 13.1. The summed E-state index contributed by atoms with van der Waals surface area (Å²) in [4.78, 5) is 50.6. The molecule has 0 bridgehead atoms. The van der Waals surface area contributed by atoms with Crippen molar-refractivity contribution in [3.8, 4) is 0 Å². The van der Waals surface area contributed by atoms with E-state index in [1.807, 2.05) is 65.0 Å². The number of nitrogens with zero attached hydrogens (tertiary/aromatic N) is 2. The SMILES string of the molecule is CCCn1nc(C(=O)[C@H](CC(C)C)NC(=O)[C@H](CC(C)C)NC(=O)OCc2ccccc2)oc1=O. The van der Waals surface area contributed by atoms with E-state index < -0.39 is 35.6 Å². The molecule has 1 heterocycles. The van der Waals surface area contributed by atoms with Gasteiger partial charge in [0, 0.05) is 6.54 Å². The lowest BCUT2D eigenvalue weighted by atomic mass is 9.98. The standard InChI is InChI=1S/C25H36N4O6/c1-6-12-29-25(33)35-23(28-29)21(30)19(13-16(2)3)26-22(31)20(14-17(4)5)27-24(32)34-15-18-10-8-7-9-11-18/h7-11,16-17,19-20H,6,12-15H2,1-5H3,(H,26,31)(H,27,32)/t19-,20-/m0/s1. The van der Waals surface area contributed by atoms with Crippen LogP contribution in [0.4, 0.5) is 4.79 Å². The van der Waals surface area contributed by atoms with Crippen LogP contribution in [0.15, 0.2) is 39.5 Å². The second-order valence-electron chi connectivity index (χ2n) is 9.34. The molecule has 2 aromatic rings. The normalized spacial score (nSPS) is 12.9.